The molecule has 0 bridgehead atoms. The molecule has 0 aromatic rings. The van der Waals surface area contributed by atoms with Gasteiger partial charge in [0.25, 0.3) is 0 Å². The van der Waals surface area contributed by atoms with Crippen molar-refractivity contribution >= 4 is 15.3 Å². The third-order valence-corrected chi connectivity index (χ3v) is 4.36. The van der Waals surface area contributed by atoms with Gasteiger partial charge < -0.3 is 9.22 Å². The normalized spacial score (nSPS) is 32.3. The highest BCUT2D eigenvalue weighted by Crippen LogP contribution is 2.45. The average Bonchev–Trinajstić information content (AvgIpc) is 2.47. The van der Waals surface area contributed by atoms with Gasteiger partial charge in [-0.15, -0.1) is 0 Å². The molecule has 1 aliphatic rings. The van der Waals surface area contributed by atoms with E-state index in [0.717, 1.165) is 25.5 Å². The maximum atomic E-state index is 11.2. The van der Waals surface area contributed by atoms with Crippen LogP contribution in [-0.2, 0) is 9.22 Å². The summed E-state index contributed by atoms with van der Waals surface area (Å²) in [7, 11) is -1.12. The molecule has 1 aliphatic carbocycles. The van der Waals surface area contributed by atoms with Crippen molar-refractivity contribution in [1.29, 1.82) is 0 Å². The predicted molar refractivity (Wildman–Crippen MR) is 65.6 cm³/mol. The zero-order valence-corrected chi connectivity index (χ0v) is 11.8. The first kappa shape index (κ1) is 12.9. The lowest BCUT2D eigenvalue weighted by Gasteiger charge is -2.30. The Morgan fingerprint density at radius 3 is 2.33 bits per heavy atom. The van der Waals surface area contributed by atoms with Gasteiger partial charge in [0.15, 0.2) is 15.3 Å². The van der Waals surface area contributed by atoms with E-state index < -0.39 is 14.6 Å². The largest absolute Gasteiger partial charge is 0.408 e. The summed E-state index contributed by atoms with van der Waals surface area (Å²) in [4.78, 5) is 11.2. The van der Waals surface area contributed by atoms with Crippen LogP contribution < -0.4 is 0 Å². The average molecular weight is 228 g/mol. The fourth-order valence-electron chi connectivity index (χ4n) is 2.49. The second-order valence-corrected chi connectivity index (χ2v) is 8.49. The Labute approximate surface area is 95.1 Å². The van der Waals surface area contributed by atoms with Crippen molar-refractivity contribution in [3.8, 4) is 0 Å². The Hall–Kier alpha value is -0.153. The summed E-state index contributed by atoms with van der Waals surface area (Å²) >= 11 is 0. The molecule has 0 spiro atoms. The van der Waals surface area contributed by atoms with Gasteiger partial charge in [-0.1, -0.05) is 20.8 Å². The van der Waals surface area contributed by atoms with Crippen LogP contribution in [0.1, 0.15) is 40.0 Å². The number of hydrogen-bond donors (Lipinski definition) is 0. The Morgan fingerprint density at radius 2 is 2.00 bits per heavy atom. The highest BCUT2D eigenvalue weighted by Gasteiger charge is 2.44. The first-order valence-corrected chi connectivity index (χ1v) is 8.71. The molecule has 1 saturated carbocycles. The standard InChI is InChI=1S/C12H24O2Si/c1-11(2,3)10-6-7-12(8-10,9-13)14-15(4)5/h9-10,15H,6-8H2,1-5H3. The van der Waals surface area contributed by atoms with Crippen molar-refractivity contribution in [1.82, 2.24) is 0 Å². The smallest absolute Gasteiger partial charge is 0.172 e. The molecule has 3 heteroatoms. The summed E-state index contributed by atoms with van der Waals surface area (Å²) in [6.45, 7) is 11.0. The zero-order chi connectivity index (χ0) is 11.7. The predicted octanol–water partition coefficient (Wildman–Crippen LogP) is 2.77. The molecule has 0 saturated heterocycles. The first-order valence-electron chi connectivity index (χ1n) is 5.93. The van der Waals surface area contributed by atoms with E-state index in [2.05, 4.69) is 33.9 Å². The third-order valence-electron chi connectivity index (χ3n) is 3.42. The maximum Gasteiger partial charge on any atom is 0.172 e. The van der Waals surface area contributed by atoms with Crippen LogP contribution in [-0.4, -0.2) is 20.9 Å². The molecule has 0 heterocycles. The fraction of sp³-hybridized carbons (Fsp3) is 0.917. The molecule has 0 amide bonds. The zero-order valence-electron chi connectivity index (χ0n) is 10.7. The second kappa shape index (κ2) is 4.38. The minimum absolute atomic E-state index is 0.298. The lowest BCUT2D eigenvalue weighted by Crippen LogP contribution is -2.36. The summed E-state index contributed by atoms with van der Waals surface area (Å²) in [5, 5.41) is 0. The van der Waals surface area contributed by atoms with Crippen LogP contribution in [0.2, 0.25) is 13.1 Å². The van der Waals surface area contributed by atoms with Gasteiger partial charge in [0.1, 0.15) is 5.60 Å². The summed E-state index contributed by atoms with van der Waals surface area (Å²) < 4.78 is 5.94. The van der Waals surface area contributed by atoms with Crippen molar-refractivity contribution in [2.24, 2.45) is 11.3 Å². The topological polar surface area (TPSA) is 26.3 Å². The Balaban J connectivity index is 2.69. The molecule has 15 heavy (non-hydrogen) atoms. The van der Waals surface area contributed by atoms with Gasteiger partial charge in [0.05, 0.1) is 0 Å². The van der Waals surface area contributed by atoms with Crippen LogP contribution in [0.5, 0.6) is 0 Å². The van der Waals surface area contributed by atoms with Gasteiger partial charge >= 0.3 is 0 Å². The number of hydrogen-bond acceptors (Lipinski definition) is 2. The number of rotatable bonds is 3. The van der Waals surface area contributed by atoms with Gasteiger partial charge in [-0.3, -0.25) is 0 Å². The summed E-state index contributed by atoms with van der Waals surface area (Å²) in [6.07, 6.45) is 4.03. The molecule has 2 nitrogen and oxygen atoms in total. The van der Waals surface area contributed by atoms with Gasteiger partial charge in [-0.25, -0.2) is 0 Å². The van der Waals surface area contributed by atoms with Crippen LogP contribution in [0.3, 0.4) is 0 Å². The van der Waals surface area contributed by atoms with E-state index in [-0.39, 0.29) is 0 Å². The molecular formula is C12H24O2Si. The minimum atomic E-state index is -1.12. The van der Waals surface area contributed by atoms with Crippen molar-refractivity contribution in [3.05, 3.63) is 0 Å². The van der Waals surface area contributed by atoms with Crippen LogP contribution in [0, 0.1) is 11.3 Å². The molecule has 88 valence electrons. The van der Waals surface area contributed by atoms with E-state index >= 15 is 0 Å². The highest BCUT2D eigenvalue weighted by atomic mass is 28.3. The van der Waals surface area contributed by atoms with Gasteiger partial charge in [-0.05, 0) is 43.7 Å². The van der Waals surface area contributed by atoms with Crippen LogP contribution in [0.15, 0.2) is 0 Å². The van der Waals surface area contributed by atoms with E-state index in [0.29, 0.717) is 11.3 Å². The van der Waals surface area contributed by atoms with Crippen LogP contribution in [0.4, 0.5) is 0 Å². The van der Waals surface area contributed by atoms with E-state index in [1.165, 1.54) is 0 Å². The van der Waals surface area contributed by atoms with Gasteiger partial charge in [0.2, 0.25) is 0 Å². The molecule has 1 fully saturated rings. The maximum absolute atomic E-state index is 11.2. The molecule has 2 atom stereocenters. The number of carbonyl (C=O) groups is 1. The molecular weight excluding hydrogens is 204 g/mol. The Bertz CT molecular complexity index is 232. The highest BCUT2D eigenvalue weighted by molar-refractivity contribution is 6.48. The fourth-order valence-corrected chi connectivity index (χ4v) is 3.70. The van der Waals surface area contributed by atoms with Gasteiger partial charge in [-0.2, -0.15) is 0 Å². The molecule has 1 rings (SSSR count). The molecule has 2 unspecified atom stereocenters. The number of carbonyl (C=O) groups excluding carboxylic acids is 1. The van der Waals surface area contributed by atoms with Crippen LogP contribution in [0.25, 0.3) is 0 Å². The molecule has 0 aromatic carbocycles. The monoisotopic (exact) mass is 228 g/mol. The number of aldehydes is 1. The lowest BCUT2D eigenvalue weighted by atomic mass is 9.79. The summed E-state index contributed by atoms with van der Waals surface area (Å²) in [5.74, 6) is 0.621. The van der Waals surface area contributed by atoms with E-state index in [9.17, 15) is 4.79 Å². The molecule has 0 aliphatic heterocycles. The van der Waals surface area contributed by atoms with Crippen molar-refractivity contribution in [2.45, 2.75) is 58.7 Å². The van der Waals surface area contributed by atoms with E-state index in [1.807, 2.05) is 0 Å². The van der Waals surface area contributed by atoms with Crippen molar-refractivity contribution < 1.29 is 9.22 Å². The van der Waals surface area contributed by atoms with Crippen LogP contribution >= 0.6 is 0 Å². The van der Waals surface area contributed by atoms with Crippen molar-refractivity contribution in [2.75, 3.05) is 0 Å². The summed E-state index contributed by atoms with van der Waals surface area (Å²) in [6, 6.07) is 0. The molecule has 0 N–H and O–H groups in total. The third kappa shape index (κ3) is 3.15. The minimum Gasteiger partial charge on any atom is -0.408 e. The molecule has 0 aromatic heterocycles. The van der Waals surface area contributed by atoms with E-state index in [1.54, 1.807) is 0 Å². The van der Waals surface area contributed by atoms with E-state index in [4.69, 9.17) is 4.43 Å². The molecule has 0 radical (unpaired) electrons. The lowest BCUT2D eigenvalue weighted by molar-refractivity contribution is -0.121. The SMILES string of the molecule is C[SiH](C)OC1(C=O)CCC(C(C)(C)C)C1. The Kier molecular flexibility index (Phi) is 3.77. The summed E-state index contributed by atoms with van der Waals surface area (Å²) in [5.41, 5.74) is -0.134. The van der Waals surface area contributed by atoms with Crippen molar-refractivity contribution in [3.63, 3.8) is 0 Å². The first-order chi connectivity index (χ1) is 6.79. The second-order valence-electron chi connectivity index (χ2n) is 6.15. The van der Waals surface area contributed by atoms with Gasteiger partial charge in [0, 0.05) is 0 Å². The Morgan fingerprint density at radius 1 is 1.40 bits per heavy atom. The quantitative estimate of drug-likeness (QED) is 0.548.